The Hall–Kier alpha value is 0.260. The molecule has 0 N–H and O–H groups in total. The van der Waals surface area contributed by atoms with E-state index in [0.717, 1.165) is 6.07 Å². The minimum atomic E-state index is -5.12. The van der Waals surface area contributed by atoms with Crippen molar-refractivity contribution in [2.75, 3.05) is 0 Å². The first-order chi connectivity index (χ1) is 9.21. The molecule has 0 bridgehead atoms. The van der Waals surface area contributed by atoms with Crippen LogP contribution in [0.4, 0.5) is 0 Å². The van der Waals surface area contributed by atoms with Gasteiger partial charge in [0.2, 0.25) is 0 Å². The first-order valence-corrected chi connectivity index (χ1v) is 8.13. The third-order valence-electron chi connectivity index (χ3n) is 2.58. The van der Waals surface area contributed by atoms with Crippen LogP contribution in [0, 0.1) is 0 Å². The van der Waals surface area contributed by atoms with E-state index >= 15 is 0 Å². The molecule has 106 valence electrons. The average Bonchev–Trinajstić information content (AvgIpc) is 2.37. The Morgan fingerprint density at radius 2 is 1.23 bits per heavy atom. The maximum absolute atomic E-state index is 11.3. The normalized spacial score (nSPS) is 11.2. The number of hydrogen-bond donors (Lipinski definition) is 0. The van der Waals surface area contributed by atoms with Gasteiger partial charge in [-0.15, -0.1) is 0 Å². The number of benzene rings is 2. The van der Waals surface area contributed by atoms with E-state index < -0.39 is 30.0 Å². The van der Waals surface area contributed by atoms with Gasteiger partial charge >= 0.3 is 59.1 Å². The summed E-state index contributed by atoms with van der Waals surface area (Å²) in [7, 11) is -10.2. The SMILES string of the molecule is O=S(=O)([O-])c1cccc(-c2ccccc2)c1S(=O)(=O)[O-].[Na+].[Na+]. The molecule has 0 unspecified atom stereocenters. The topological polar surface area (TPSA) is 114 Å². The fourth-order valence-corrected chi connectivity index (χ4v) is 3.78. The molecule has 10 heteroatoms. The predicted molar refractivity (Wildman–Crippen MR) is 67.8 cm³/mol. The largest absolute Gasteiger partial charge is 1.00 e. The van der Waals surface area contributed by atoms with Gasteiger partial charge in [0.25, 0.3) is 0 Å². The van der Waals surface area contributed by atoms with Gasteiger partial charge < -0.3 is 9.11 Å². The molecule has 0 saturated carbocycles. The minimum Gasteiger partial charge on any atom is -0.744 e. The molecular formula is C12H8Na2O6S2. The van der Waals surface area contributed by atoms with E-state index in [1.54, 1.807) is 18.2 Å². The number of hydrogen-bond acceptors (Lipinski definition) is 6. The van der Waals surface area contributed by atoms with Gasteiger partial charge in [-0.1, -0.05) is 42.5 Å². The van der Waals surface area contributed by atoms with Crippen LogP contribution < -0.4 is 59.1 Å². The van der Waals surface area contributed by atoms with Crippen LogP contribution >= 0.6 is 0 Å². The molecule has 0 radical (unpaired) electrons. The van der Waals surface area contributed by atoms with Gasteiger partial charge in [0.05, 0.1) is 9.79 Å². The number of rotatable bonds is 3. The molecule has 0 fully saturated rings. The fraction of sp³-hybridized carbons (Fsp3) is 0. The third-order valence-corrected chi connectivity index (χ3v) is 4.53. The van der Waals surface area contributed by atoms with E-state index in [1.807, 2.05) is 0 Å². The van der Waals surface area contributed by atoms with Gasteiger partial charge in [-0.25, -0.2) is 16.8 Å². The monoisotopic (exact) mass is 358 g/mol. The molecule has 0 spiro atoms. The molecule has 6 nitrogen and oxygen atoms in total. The Labute approximate surface area is 173 Å². The summed E-state index contributed by atoms with van der Waals surface area (Å²) in [4.78, 5) is -2.05. The Morgan fingerprint density at radius 3 is 1.68 bits per heavy atom. The van der Waals surface area contributed by atoms with Crippen molar-refractivity contribution in [3.05, 3.63) is 48.5 Å². The maximum atomic E-state index is 11.3. The van der Waals surface area contributed by atoms with E-state index in [4.69, 9.17) is 0 Å². The molecule has 0 aliphatic rings. The van der Waals surface area contributed by atoms with E-state index in [9.17, 15) is 25.9 Å². The standard InChI is InChI=1S/C12H10O6S2.2Na/c13-19(14,15)11-8-4-7-10(12(11)20(16,17)18)9-5-2-1-3-6-9;;/h1-8H,(H,13,14,15)(H,16,17,18);;/q;2*+1/p-2. The van der Waals surface area contributed by atoms with Crippen LogP contribution in [0.25, 0.3) is 11.1 Å². The van der Waals surface area contributed by atoms with E-state index in [0.29, 0.717) is 5.56 Å². The van der Waals surface area contributed by atoms with Gasteiger partial charge in [-0.2, -0.15) is 0 Å². The van der Waals surface area contributed by atoms with Crippen molar-refractivity contribution in [2.45, 2.75) is 9.79 Å². The Balaban J connectivity index is 0.00000220. The third kappa shape index (κ3) is 5.13. The van der Waals surface area contributed by atoms with Crippen molar-refractivity contribution in [2.24, 2.45) is 0 Å². The van der Waals surface area contributed by atoms with E-state index in [-0.39, 0.29) is 64.7 Å². The van der Waals surface area contributed by atoms with Crippen LogP contribution in [0.2, 0.25) is 0 Å². The summed E-state index contributed by atoms with van der Waals surface area (Å²) >= 11 is 0. The summed E-state index contributed by atoms with van der Waals surface area (Å²) in [6, 6.07) is 11.2. The summed E-state index contributed by atoms with van der Waals surface area (Å²) in [6.45, 7) is 0. The minimum absolute atomic E-state index is 0. The fourth-order valence-electron chi connectivity index (χ4n) is 1.82. The van der Waals surface area contributed by atoms with Crippen molar-refractivity contribution in [3.63, 3.8) is 0 Å². The molecular weight excluding hydrogens is 350 g/mol. The summed E-state index contributed by atoms with van der Waals surface area (Å²) in [5.41, 5.74) is 0.213. The molecule has 0 aliphatic carbocycles. The Bertz CT molecular complexity index is 848. The summed E-state index contributed by atoms with van der Waals surface area (Å²) in [5.74, 6) is 0. The van der Waals surface area contributed by atoms with Gasteiger partial charge in [-0.05, 0) is 11.6 Å². The van der Waals surface area contributed by atoms with Crippen molar-refractivity contribution >= 4 is 20.2 Å². The van der Waals surface area contributed by atoms with Crippen molar-refractivity contribution in [1.82, 2.24) is 0 Å². The smallest absolute Gasteiger partial charge is 0.744 e. The molecule has 0 aromatic heterocycles. The summed E-state index contributed by atoms with van der Waals surface area (Å²) < 4.78 is 67.4. The van der Waals surface area contributed by atoms with Crippen LogP contribution in [-0.2, 0) is 20.2 Å². The molecule has 2 aromatic carbocycles. The van der Waals surface area contributed by atoms with Crippen LogP contribution in [0.15, 0.2) is 58.3 Å². The molecule has 0 heterocycles. The van der Waals surface area contributed by atoms with Crippen molar-refractivity contribution in [3.8, 4) is 11.1 Å². The first-order valence-electron chi connectivity index (χ1n) is 5.31. The zero-order valence-corrected chi connectivity index (χ0v) is 17.5. The summed E-state index contributed by atoms with van der Waals surface area (Å²) in [6.07, 6.45) is 0. The molecule has 0 saturated heterocycles. The van der Waals surface area contributed by atoms with Crippen LogP contribution in [0.1, 0.15) is 0 Å². The summed E-state index contributed by atoms with van der Waals surface area (Å²) in [5, 5.41) is 0. The first kappa shape index (κ1) is 22.3. The zero-order chi connectivity index (χ0) is 15.0. The van der Waals surface area contributed by atoms with Crippen LogP contribution in [-0.4, -0.2) is 25.9 Å². The molecule has 0 aliphatic heterocycles. The van der Waals surface area contributed by atoms with Crippen molar-refractivity contribution in [1.29, 1.82) is 0 Å². The second-order valence-corrected chi connectivity index (χ2v) is 6.57. The van der Waals surface area contributed by atoms with Gasteiger partial charge in [0.1, 0.15) is 20.2 Å². The molecule has 2 rings (SSSR count). The maximum Gasteiger partial charge on any atom is 1.00 e. The molecule has 0 amide bonds. The van der Waals surface area contributed by atoms with Gasteiger partial charge in [0.15, 0.2) is 0 Å². The van der Waals surface area contributed by atoms with Crippen LogP contribution in [0.5, 0.6) is 0 Å². The predicted octanol–water partition coefficient (Wildman–Crippen LogP) is -4.83. The molecule has 0 atom stereocenters. The van der Waals surface area contributed by atoms with E-state index in [1.165, 1.54) is 24.3 Å². The zero-order valence-electron chi connectivity index (χ0n) is 11.9. The van der Waals surface area contributed by atoms with Crippen molar-refractivity contribution < 1.29 is 85.1 Å². The molecule has 22 heavy (non-hydrogen) atoms. The van der Waals surface area contributed by atoms with Gasteiger partial charge in [0, 0.05) is 5.56 Å². The second-order valence-electron chi connectivity index (χ2n) is 3.91. The van der Waals surface area contributed by atoms with Gasteiger partial charge in [-0.3, -0.25) is 0 Å². The quantitative estimate of drug-likeness (QED) is 0.402. The molecule has 2 aromatic rings. The Morgan fingerprint density at radius 1 is 0.682 bits per heavy atom. The Kier molecular flexibility index (Phi) is 8.48. The second kappa shape index (κ2) is 8.39. The van der Waals surface area contributed by atoms with Crippen LogP contribution in [0.3, 0.4) is 0 Å². The van der Waals surface area contributed by atoms with E-state index in [2.05, 4.69) is 0 Å². The average molecular weight is 358 g/mol.